The smallest absolute Gasteiger partial charge is 0.326 e. The molecule has 4 unspecified atom stereocenters. The van der Waals surface area contributed by atoms with E-state index in [0.29, 0.717) is 32.1 Å². The monoisotopic (exact) mass is 327 g/mol. The molecular weight excluding hydrogens is 298 g/mol. The number of rotatable bonds is 7. The normalized spacial score (nSPS) is 26.4. The van der Waals surface area contributed by atoms with Gasteiger partial charge >= 0.3 is 5.97 Å². The summed E-state index contributed by atoms with van der Waals surface area (Å²) in [5.41, 5.74) is -0.408. The first-order chi connectivity index (χ1) is 10.7. The minimum atomic E-state index is -1.08. The van der Waals surface area contributed by atoms with Crippen molar-refractivity contribution in [1.29, 1.82) is 0 Å². The van der Waals surface area contributed by atoms with Gasteiger partial charge in [0.25, 0.3) is 0 Å². The summed E-state index contributed by atoms with van der Waals surface area (Å²) in [5, 5.41) is 32.0. The average Bonchev–Trinajstić information content (AvgIpc) is 2.50. The first-order valence-corrected chi connectivity index (χ1v) is 8.24. The number of aliphatic carboxylic acids is 1. The lowest BCUT2D eigenvalue weighted by atomic mass is 9.61. The van der Waals surface area contributed by atoms with Crippen LogP contribution in [0.2, 0.25) is 0 Å². The van der Waals surface area contributed by atoms with Crippen molar-refractivity contribution in [2.45, 2.75) is 71.1 Å². The first kappa shape index (κ1) is 19.6. The molecule has 0 aromatic rings. The summed E-state index contributed by atoms with van der Waals surface area (Å²) in [5.74, 6) is -1.63. The molecule has 1 saturated carbocycles. The summed E-state index contributed by atoms with van der Waals surface area (Å²) < 4.78 is 0. The van der Waals surface area contributed by atoms with Gasteiger partial charge in [-0.2, -0.15) is 0 Å². The Morgan fingerprint density at radius 1 is 1.22 bits per heavy atom. The van der Waals surface area contributed by atoms with Crippen molar-refractivity contribution < 1.29 is 24.9 Å². The SMILES string of the molecule is C=C(C)C(=O)NC(C(=O)O)C(CC)(CC)C1CCC(O)C(O)C1. The molecule has 1 aliphatic rings. The van der Waals surface area contributed by atoms with Crippen molar-refractivity contribution in [3.63, 3.8) is 0 Å². The minimum Gasteiger partial charge on any atom is -0.480 e. The second-order valence-electron chi connectivity index (χ2n) is 6.61. The van der Waals surface area contributed by atoms with Gasteiger partial charge in [-0.25, -0.2) is 4.79 Å². The third-order valence-corrected chi connectivity index (χ3v) is 5.40. The molecule has 23 heavy (non-hydrogen) atoms. The Morgan fingerprint density at radius 2 is 1.78 bits per heavy atom. The highest BCUT2D eigenvalue weighted by atomic mass is 16.4. The molecule has 1 aliphatic carbocycles. The molecule has 0 aromatic carbocycles. The van der Waals surface area contributed by atoms with Crippen LogP contribution < -0.4 is 5.32 Å². The van der Waals surface area contributed by atoms with E-state index in [1.165, 1.54) is 6.92 Å². The van der Waals surface area contributed by atoms with Crippen LogP contribution in [0.4, 0.5) is 0 Å². The molecule has 6 nitrogen and oxygen atoms in total. The molecule has 0 aromatic heterocycles. The number of nitrogens with one attached hydrogen (secondary N) is 1. The van der Waals surface area contributed by atoms with Crippen molar-refractivity contribution >= 4 is 11.9 Å². The maximum absolute atomic E-state index is 12.0. The number of aliphatic hydroxyl groups is 2. The molecule has 132 valence electrons. The van der Waals surface area contributed by atoms with E-state index in [9.17, 15) is 24.9 Å². The van der Waals surface area contributed by atoms with Crippen molar-refractivity contribution in [1.82, 2.24) is 5.32 Å². The van der Waals surface area contributed by atoms with Gasteiger partial charge in [-0.05, 0) is 44.9 Å². The molecule has 0 heterocycles. The maximum atomic E-state index is 12.0. The van der Waals surface area contributed by atoms with E-state index in [1.807, 2.05) is 13.8 Å². The van der Waals surface area contributed by atoms with Gasteiger partial charge in [-0.3, -0.25) is 4.79 Å². The fourth-order valence-corrected chi connectivity index (χ4v) is 3.83. The van der Waals surface area contributed by atoms with Crippen molar-refractivity contribution in [2.75, 3.05) is 0 Å². The summed E-state index contributed by atoms with van der Waals surface area (Å²) in [6.45, 7) is 8.91. The van der Waals surface area contributed by atoms with E-state index in [1.54, 1.807) is 0 Å². The van der Waals surface area contributed by atoms with E-state index < -0.39 is 35.5 Å². The van der Waals surface area contributed by atoms with E-state index in [-0.39, 0.29) is 11.5 Å². The number of carbonyl (C=O) groups excluding carboxylic acids is 1. The standard InChI is InChI=1S/C17H29NO5/c1-5-17(6-2,11-7-8-12(19)13(20)9-11)14(16(22)23)18-15(21)10(3)4/h11-14,19-20H,3,5-9H2,1-2,4H3,(H,18,21)(H,22,23). The molecular formula is C17H29NO5. The zero-order valence-corrected chi connectivity index (χ0v) is 14.2. The summed E-state index contributed by atoms with van der Waals surface area (Å²) in [6, 6.07) is -1.05. The Hall–Kier alpha value is -1.40. The quantitative estimate of drug-likeness (QED) is 0.530. The maximum Gasteiger partial charge on any atom is 0.326 e. The van der Waals surface area contributed by atoms with Crippen LogP contribution in [0.3, 0.4) is 0 Å². The average molecular weight is 327 g/mol. The topological polar surface area (TPSA) is 107 Å². The summed E-state index contributed by atoms with van der Waals surface area (Å²) in [7, 11) is 0. The van der Waals surface area contributed by atoms with E-state index in [4.69, 9.17) is 0 Å². The fraction of sp³-hybridized carbons (Fsp3) is 0.765. The zero-order chi connectivity index (χ0) is 17.8. The number of hydrogen-bond acceptors (Lipinski definition) is 4. The largest absolute Gasteiger partial charge is 0.480 e. The summed E-state index contributed by atoms with van der Waals surface area (Å²) in [6.07, 6.45) is 0.925. The number of carboxylic acid groups (broad SMARTS) is 1. The number of carboxylic acids is 1. The van der Waals surface area contributed by atoms with Crippen molar-refractivity contribution in [3.8, 4) is 0 Å². The molecule has 0 spiro atoms. The van der Waals surface area contributed by atoms with Crippen LogP contribution in [-0.2, 0) is 9.59 Å². The van der Waals surface area contributed by atoms with Gasteiger partial charge in [0.15, 0.2) is 0 Å². The Balaban J connectivity index is 3.14. The Bertz CT molecular complexity index is 458. The van der Waals surface area contributed by atoms with Crippen LogP contribution in [0.1, 0.15) is 52.9 Å². The molecule has 1 amide bonds. The lowest BCUT2D eigenvalue weighted by Crippen LogP contribution is -2.57. The lowest BCUT2D eigenvalue weighted by molar-refractivity contribution is -0.149. The molecule has 1 rings (SSSR count). The van der Waals surface area contributed by atoms with Gasteiger partial charge in [-0.1, -0.05) is 20.4 Å². The third kappa shape index (κ3) is 4.12. The lowest BCUT2D eigenvalue weighted by Gasteiger charge is -2.47. The molecule has 0 aliphatic heterocycles. The van der Waals surface area contributed by atoms with Crippen LogP contribution in [-0.4, -0.2) is 45.4 Å². The molecule has 6 heteroatoms. The van der Waals surface area contributed by atoms with Gasteiger partial charge < -0.3 is 20.6 Å². The van der Waals surface area contributed by atoms with Crippen LogP contribution in [0, 0.1) is 11.3 Å². The molecule has 1 fully saturated rings. The molecule has 0 bridgehead atoms. The Morgan fingerprint density at radius 3 is 2.17 bits per heavy atom. The van der Waals surface area contributed by atoms with Gasteiger partial charge in [-0.15, -0.1) is 0 Å². The third-order valence-electron chi connectivity index (χ3n) is 5.40. The molecule has 0 saturated heterocycles. The van der Waals surface area contributed by atoms with Gasteiger partial charge in [0.05, 0.1) is 12.2 Å². The number of aliphatic hydroxyl groups excluding tert-OH is 2. The van der Waals surface area contributed by atoms with Crippen molar-refractivity contribution in [3.05, 3.63) is 12.2 Å². The Kier molecular flexibility index (Phi) is 6.77. The zero-order valence-electron chi connectivity index (χ0n) is 14.2. The van der Waals surface area contributed by atoms with Crippen LogP contribution in [0.15, 0.2) is 12.2 Å². The fourth-order valence-electron chi connectivity index (χ4n) is 3.83. The summed E-state index contributed by atoms with van der Waals surface area (Å²) in [4.78, 5) is 23.8. The second kappa shape index (κ2) is 7.93. The highest BCUT2D eigenvalue weighted by molar-refractivity contribution is 5.95. The number of carbonyl (C=O) groups is 2. The van der Waals surface area contributed by atoms with E-state index in [0.717, 1.165) is 0 Å². The Labute approximate surface area is 137 Å². The van der Waals surface area contributed by atoms with Gasteiger partial charge in [0, 0.05) is 11.0 Å². The van der Waals surface area contributed by atoms with E-state index in [2.05, 4.69) is 11.9 Å². The van der Waals surface area contributed by atoms with Crippen LogP contribution >= 0.6 is 0 Å². The van der Waals surface area contributed by atoms with Crippen LogP contribution in [0.5, 0.6) is 0 Å². The molecule has 4 atom stereocenters. The van der Waals surface area contributed by atoms with Crippen LogP contribution in [0.25, 0.3) is 0 Å². The molecule has 4 N–H and O–H groups in total. The van der Waals surface area contributed by atoms with Gasteiger partial charge in [0.1, 0.15) is 6.04 Å². The summed E-state index contributed by atoms with van der Waals surface area (Å²) >= 11 is 0. The minimum absolute atomic E-state index is 0.0811. The van der Waals surface area contributed by atoms with Crippen molar-refractivity contribution in [2.24, 2.45) is 11.3 Å². The highest BCUT2D eigenvalue weighted by Gasteiger charge is 2.49. The first-order valence-electron chi connectivity index (χ1n) is 8.24. The predicted molar refractivity (Wildman–Crippen MR) is 86.8 cm³/mol. The highest BCUT2D eigenvalue weighted by Crippen LogP contribution is 2.46. The number of hydrogen-bond donors (Lipinski definition) is 4. The predicted octanol–water partition coefficient (Wildman–Crippen LogP) is 1.46. The number of amides is 1. The second-order valence-corrected chi connectivity index (χ2v) is 6.61. The van der Waals surface area contributed by atoms with E-state index >= 15 is 0 Å². The molecule has 0 radical (unpaired) electrons. The van der Waals surface area contributed by atoms with Gasteiger partial charge in [0.2, 0.25) is 5.91 Å².